The number of aromatic nitrogens is 3. The fraction of sp³-hybridized carbons (Fsp3) is 0. The average Bonchev–Trinajstić information content (AvgIpc) is 2.49. The third-order valence-electron chi connectivity index (χ3n) is 1.55. The van der Waals surface area contributed by atoms with Crippen LogP contribution in [-0.2, 0) is 0 Å². The van der Waals surface area contributed by atoms with Crippen LogP contribution >= 0.6 is 12.4 Å². The van der Waals surface area contributed by atoms with Crippen LogP contribution in [0.4, 0.5) is 0 Å². The van der Waals surface area contributed by atoms with Gasteiger partial charge in [-0.15, -0.1) is 22.6 Å². The maximum Gasteiger partial charge on any atom is 0.335 e. The summed E-state index contributed by atoms with van der Waals surface area (Å²) < 4.78 is 1.65. The summed E-state index contributed by atoms with van der Waals surface area (Å²) in [5, 5.41) is 16.0. The van der Waals surface area contributed by atoms with Gasteiger partial charge in [0, 0.05) is 6.20 Å². The van der Waals surface area contributed by atoms with E-state index < -0.39 is 5.97 Å². The van der Waals surface area contributed by atoms with Gasteiger partial charge in [-0.25, -0.2) is 4.79 Å². The van der Waals surface area contributed by atoms with E-state index in [1.54, 1.807) is 10.6 Å². The van der Waals surface area contributed by atoms with Gasteiger partial charge in [-0.2, -0.15) is 0 Å². The second kappa shape index (κ2) is 3.40. The zero-order chi connectivity index (χ0) is 8.55. The van der Waals surface area contributed by atoms with Crippen LogP contribution in [0.25, 0.3) is 5.65 Å². The Labute approximate surface area is 79.4 Å². The molecule has 68 valence electrons. The molecule has 0 fully saturated rings. The number of nitrogens with zero attached hydrogens (tertiary/aromatic N) is 3. The quantitative estimate of drug-likeness (QED) is 0.740. The van der Waals surface area contributed by atoms with E-state index in [4.69, 9.17) is 5.11 Å². The maximum atomic E-state index is 10.5. The summed E-state index contributed by atoms with van der Waals surface area (Å²) >= 11 is 0. The molecule has 0 radical (unpaired) electrons. The zero-order valence-electron chi connectivity index (χ0n) is 6.41. The van der Waals surface area contributed by atoms with Crippen LogP contribution in [0.3, 0.4) is 0 Å². The molecular weight excluding hydrogens is 194 g/mol. The third-order valence-corrected chi connectivity index (χ3v) is 1.55. The Hall–Kier alpha value is -1.62. The first kappa shape index (κ1) is 9.47. The largest absolute Gasteiger partial charge is 0.478 e. The smallest absolute Gasteiger partial charge is 0.335 e. The normalized spacial score (nSPS) is 9.54. The predicted octanol–water partition coefficient (Wildman–Crippen LogP) is 0.849. The number of carbonyl (C=O) groups is 1. The second-order valence-corrected chi connectivity index (χ2v) is 2.32. The highest BCUT2D eigenvalue weighted by Crippen LogP contribution is 2.03. The standard InChI is InChI=1S/C7H5N3O2.ClH/c11-7(12)5-1-2-10-4-8-9-6(10)3-5;/h1-4H,(H,11,12);1H. The summed E-state index contributed by atoms with van der Waals surface area (Å²) in [7, 11) is 0. The zero-order valence-corrected chi connectivity index (χ0v) is 7.23. The van der Waals surface area contributed by atoms with Crippen LogP contribution in [0, 0.1) is 0 Å². The van der Waals surface area contributed by atoms with E-state index in [9.17, 15) is 4.79 Å². The molecule has 0 unspecified atom stereocenters. The second-order valence-electron chi connectivity index (χ2n) is 2.32. The van der Waals surface area contributed by atoms with Gasteiger partial charge < -0.3 is 5.11 Å². The number of rotatable bonds is 1. The molecule has 0 spiro atoms. The Balaban J connectivity index is 0.000000845. The van der Waals surface area contributed by atoms with Gasteiger partial charge in [0.25, 0.3) is 0 Å². The van der Waals surface area contributed by atoms with Gasteiger partial charge in [0.1, 0.15) is 6.33 Å². The molecule has 5 nitrogen and oxygen atoms in total. The number of halogens is 1. The first-order valence-electron chi connectivity index (χ1n) is 3.30. The molecule has 2 aromatic rings. The summed E-state index contributed by atoms with van der Waals surface area (Å²) in [4.78, 5) is 10.5. The monoisotopic (exact) mass is 199 g/mol. The lowest BCUT2D eigenvalue weighted by Gasteiger charge is -1.93. The van der Waals surface area contributed by atoms with E-state index in [2.05, 4.69) is 10.2 Å². The van der Waals surface area contributed by atoms with Gasteiger partial charge in [0.15, 0.2) is 5.65 Å². The van der Waals surface area contributed by atoms with E-state index in [0.29, 0.717) is 5.65 Å². The lowest BCUT2D eigenvalue weighted by Crippen LogP contribution is -1.96. The number of carboxylic acids is 1. The minimum atomic E-state index is -0.958. The minimum absolute atomic E-state index is 0. The van der Waals surface area contributed by atoms with Gasteiger partial charge in [0.05, 0.1) is 5.56 Å². The van der Waals surface area contributed by atoms with Gasteiger partial charge in [-0.3, -0.25) is 4.40 Å². The first-order chi connectivity index (χ1) is 5.77. The molecular formula is C7H6ClN3O2. The Kier molecular flexibility index (Phi) is 2.48. The van der Waals surface area contributed by atoms with Crippen LogP contribution in [0.2, 0.25) is 0 Å². The molecule has 6 heteroatoms. The summed E-state index contributed by atoms with van der Waals surface area (Å²) in [5.74, 6) is -0.958. The van der Waals surface area contributed by atoms with Crippen LogP contribution in [-0.4, -0.2) is 25.7 Å². The molecule has 13 heavy (non-hydrogen) atoms. The predicted molar refractivity (Wildman–Crippen MR) is 47.2 cm³/mol. The lowest BCUT2D eigenvalue weighted by molar-refractivity contribution is 0.0697. The Morgan fingerprint density at radius 3 is 3.00 bits per heavy atom. The van der Waals surface area contributed by atoms with E-state index >= 15 is 0 Å². The Morgan fingerprint density at radius 2 is 2.31 bits per heavy atom. The van der Waals surface area contributed by atoms with Crippen molar-refractivity contribution < 1.29 is 9.90 Å². The van der Waals surface area contributed by atoms with Crippen molar-refractivity contribution in [3.8, 4) is 0 Å². The van der Waals surface area contributed by atoms with Gasteiger partial charge in [0.2, 0.25) is 0 Å². The molecule has 0 bridgehead atoms. The number of hydrogen-bond acceptors (Lipinski definition) is 3. The van der Waals surface area contributed by atoms with Gasteiger partial charge in [-0.05, 0) is 12.1 Å². The van der Waals surface area contributed by atoms with Crippen LogP contribution in [0.15, 0.2) is 24.7 Å². The van der Waals surface area contributed by atoms with Crippen molar-refractivity contribution in [3.05, 3.63) is 30.2 Å². The van der Waals surface area contributed by atoms with E-state index in [1.807, 2.05) is 0 Å². The molecule has 0 aliphatic heterocycles. The van der Waals surface area contributed by atoms with Gasteiger partial charge in [-0.1, -0.05) is 0 Å². The highest BCUT2D eigenvalue weighted by atomic mass is 35.5. The van der Waals surface area contributed by atoms with Crippen LogP contribution in [0.1, 0.15) is 10.4 Å². The van der Waals surface area contributed by atoms with Crippen LogP contribution in [0.5, 0.6) is 0 Å². The van der Waals surface area contributed by atoms with Crippen molar-refractivity contribution in [2.45, 2.75) is 0 Å². The number of hydrogen-bond donors (Lipinski definition) is 1. The molecule has 2 rings (SSSR count). The van der Waals surface area contributed by atoms with Crippen molar-refractivity contribution in [3.63, 3.8) is 0 Å². The Morgan fingerprint density at radius 1 is 1.54 bits per heavy atom. The maximum absolute atomic E-state index is 10.5. The topological polar surface area (TPSA) is 67.5 Å². The molecule has 0 saturated carbocycles. The van der Waals surface area contributed by atoms with Crippen molar-refractivity contribution in [2.24, 2.45) is 0 Å². The molecule has 0 aromatic carbocycles. The molecule has 0 saturated heterocycles. The van der Waals surface area contributed by atoms with Crippen molar-refractivity contribution >= 4 is 24.0 Å². The fourth-order valence-electron chi connectivity index (χ4n) is 0.950. The van der Waals surface area contributed by atoms with E-state index in [0.717, 1.165) is 0 Å². The average molecular weight is 200 g/mol. The number of aromatic carboxylic acids is 1. The summed E-state index contributed by atoms with van der Waals surface area (Å²) in [6.45, 7) is 0. The lowest BCUT2D eigenvalue weighted by atomic mass is 10.3. The molecule has 1 N–H and O–H groups in total. The van der Waals surface area contributed by atoms with Crippen LogP contribution < -0.4 is 0 Å². The number of fused-ring (bicyclic) bond motifs is 1. The van der Waals surface area contributed by atoms with Gasteiger partial charge >= 0.3 is 5.97 Å². The summed E-state index contributed by atoms with van der Waals surface area (Å²) in [5.41, 5.74) is 0.755. The molecule has 2 heterocycles. The molecule has 0 atom stereocenters. The van der Waals surface area contributed by atoms with E-state index in [1.165, 1.54) is 18.5 Å². The number of pyridine rings is 1. The summed E-state index contributed by atoms with van der Waals surface area (Å²) in [6, 6.07) is 2.97. The fourth-order valence-corrected chi connectivity index (χ4v) is 0.950. The number of carboxylic acid groups (broad SMARTS) is 1. The first-order valence-corrected chi connectivity index (χ1v) is 3.30. The minimum Gasteiger partial charge on any atom is -0.478 e. The SMILES string of the molecule is Cl.O=C(O)c1ccn2cnnc2c1. The Bertz CT molecular complexity index is 440. The third kappa shape index (κ3) is 1.59. The summed E-state index contributed by atoms with van der Waals surface area (Å²) in [6.07, 6.45) is 3.12. The molecule has 0 aliphatic carbocycles. The van der Waals surface area contributed by atoms with Crippen molar-refractivity contribution in [1.82, 2.24) is 14.6 Å². The molecule has 0 amide bonds. The molecule has 0 aliphatic rings. The highest BCUT2D eigenvalue weighted by Gasteiger charge is 2.03. The van der Waals surface area contributed by atoms with Crippen molar-refractivity contribution in [2.75, 3.05) is 0 Å². The highest BCUT2D eigenvalue weighted by molar-refractivity contribution is 5.88. The molecule has 2 aromatic heterocycles. The van der Waals surface area contributed by atoms with Crippen molar-refractivity contribution in [1.29, 1.82) is 0 Å². The van der Waals surface area contributed by atoms with E-state index in [-0.39, 0.29) is 18.0 Å².